The third-order valence-electron chi connectivity index (χ3n) is 2.74. The van der Waals surface area contributed by atoms with E-state index in [1.807, 2.05) is 6.92 Å². The van der Waals surface area contributed by atoms with E-state index in [1.54, 1.807) is 0 Å². The highest BCUT2D eigenvalue weighted by molar-refractivity contribution is 6.05. The molecule has 78 valence electrons. The Morgan fingerprint density at radius 1 is 1.07 bits per heavy atom. The molecule has 0 aliphatic carbocycles. The first kappa shape index (κ1) is 10.1. The predicted octanol–water partition coefficient (Wildman–Crippen LogP) is 3.20. The van der Waals surface area contributed by atoms with Crippen LogP contribution in [0.4, 0.5) is 0 Å². The van der Waals surface area contributed by atoms with E-state index in [-0.39, 0.29) is 0 Å². The van der Waals surface area contributed by atoms with Crippen LogP contribution in [0.25, 0.3) is 0 Å². The fourth-order valence-electron chi connectivity index (χ4n) is 1.88. The van der Waals surface area contributed by atoms with Gasteiger partial charge in [-0.25, -0.2) is 0 Å². The summed E-state index contributed by atoms with van der Waals surface area (Å²) in [7, 11) is 0. The molecule has 1 heterocycles. The summed E-state index contributed by atoms with van der Waals surface area (Å²) in [6.07, 6.45) is 1.02. The Morgan fingerprint density at radius 2 is 1.73 bits per heavy atom. The molecule has 0 N–H and O–H groups in total. The predicted molar refractivity (Wildman–Crippen MR) is 64.6 cm³/mol. The van der Waals surface area contributed by atoms with Crippen molar-refractivity contribution < 1.29 is 0 Å². The molecule has 1 aromatic rings. The van der Waals surface area contributed by atoms with Gasteiger partial charge in [-0.05, 0) is 25.8 Å². The summed E-state index contributed by atoms with van der Waals surface area (Å²) in [4.78, 5) is 0. The van der Waals surface area contributed by atoms with Gasteiger partial charge in [-0.2, -0.15) is 10.2 Å². The van der Waals surface area contributed by atoms with Gasteiger partial charge in [0.2, 0.25) is 0 Å². The molecule has 0 saturated heterocycles. The molecular formula is C13H16N2. The van der Waals surface area contributed by atoms with Gasteiger partial charge in [0.25, 0.3) is 0 Å². The second-order valence-corrected chi connectivity index (χ2v) is 4.29. The molecule has 0 amide bonds. The minimum absolute atomic E-state index is 0.477. The van der Waals surface area contributed by atoms with Crippen LogP contribution < -0.4 is 0 Å². The van der Waals surface area contributed by atoms with Crippen molar-refractivity contribution in [1.82, 2.24) is 0 Å². The Kier molecular flexibility index (Phi) is 2.67. The van der Waals surface area contributed by atoms with Gasteiger partial charge in [0.05, 0.1) is 5.71 Å². The average Bonchev–Trinajstić information content (AvgIpc) is 2.20. The van der Waals surface area contributed by atoms with Crippen molar-refractivity contribution in [2.75, 3.05) is 0 Å². The molecule has 0 fully saturated rings. The van der Waals surface area contributed by atoms with Gasteiger partial charge in [0.15, 0.2) is 0 Å². The molecule has 2 heteroatoms. The zero-order valence-electron chi connectivity index (χ0n) is 9.49. The van der Waals surface area contributed by atoms with Crippen LogP contribution >= 0.6 is 0 Å². The summed E-state index contributed by atoms with van der Waals surface area (Å²) in [6, 6.07) is 8.49. The molecule has 0 radical (unpaired) electrons. The van der Waals surface area contributed by atoms with Gasteiger partial charge >= 0.3 is 0 Å². The van der Waals surface area contributed by atoms with Crippen molar-refractivity contribution >= 4 is 11.4 Å². The summed E-state index contributed by atoms with van der Waals surface area (Å²) in [5, 5.41) is 8.46. The largest absolute Gasteiger partial charge is 0.160 e. The number of rotatable bonds is 1. The summed E-state index contributed by atoms with van der Waals surface area (Å²) in [5.41, 5.74) is 4.71. The van der Waals surface area contributed by atoms with Crippen LogP contribution in [0.3, 0.4) is 0 Å². The smallest absolute Gasteiger partial charge is 0.0734 e. The Morgan fingerprint density at radius 3 is 2.33 bits per heavy atom. The van der Waals surface area contributed by atoms with Crippen LogP contribution in [0.2, 0.25) is 0 Å². The zero-order valence-corrected chi connectivity index (χ0v) is 9.49. The molecule has 0 bridgehead atoms. The van der Waals surface area contributed by atoms with Crippen LogP contribution in [0.1, 0.15) is 31.4 Å². The first-order valence-corrected chi connectivity index (χ1v) is 5.35. The first-order chi connectivity index (χ1) is 7.16. The quantitative estimate of drug-likeness (QED) is 0.665. The van der Waals surface area contributed by atoms with Gasteiger partial charge in [-0.1, -0.05) is 36.8 Å². The number of aryl methyl sites for hydroxylation is 1. The Bertz CT molecular complexity index is 413. The number of benzene rings is 1. The third kappa shape index (κ3) is 2.14. The van der Waals surface area contributed by atoms with Gasteiger partial charge < -0.3 is 0 Å². The molecule has 1 atom stereocenters. The molecule has 0 saturated carbocycles. The fourth-order valence-corrected chi connectivity index (χ4v) is 1.88. The normalized spacial score (nSPS) is 20.9. The molecule has 1 unspecified atom stereocenters. The maximum Gasteiger partial charge on any atom is 0.0734 e. The lowest BCUT2D eigenvalue weighted by Gasteiger charge is -2.17. The number of hydrogen-bond acceptors (Lipinski definition) is 2. The van der Waals surface area contributed by atoms with E-state index in [9.17, 15) is 0 Å². The first-order valence-electron chi connectivity index (χ1n) is 5.35. The van der Waals surface area contributed by atoms with E-state index < -0.39 is 0 Å². The second kappa shape index (κ2) is 3.97. The third-order valence-corrected chi connectivity index (χ3v) is 2.74. The van der Waals surface area contributed by atoms with E-state index in [1.165, 1.54) is 11.1 Å². The summed E-state index contributed by atoms with van der Waals surface area (Å²) in [5.74, 6) is 0.477. The van der Waals surface area contributed by atoms with Gasteiger partial charge in [0.1, 0.15) is 0 Å². The Labute approximate surface area is 90.7 Å². The molecule has 15 heavy (non-hydrogen) atoms. The second-order valence-electron chi connectivity index (χ2n) is 4.29. The average molecular weight is 200 g/mol. The van der Waals surface area contributed by atoms with Gasteiger partial charge in [-0.15, -0.1) is 0 Å². The highest BCUT2D eigenvalue weighted by atomic mass is 15.2. The monoisotopic (exact) mass is 200 g/mol. The summed E-state index contributed by atoms with van der Waals surface area (Å²) in [6.45, 7) is 6.33. The fraction of sp³-hybridized carbons (Fsp3) is 0.385. The lowest BCUT2D eigenvalue weighted by Crippen LogP contribution is -2.18. The van der Waals surface area contributed by atoms with Crippen LogP contribution in [-0.2, 0) is 0 Å². The lowest BCUT2D eigenvalue weighted by atomic mass is 9.92. The van der Waals surface area contributed by atoms with Crippen molar-refractivity contribution in [3.05, 3.63) is 35.4 Å². The summed E-state index contributed by atoms with van der Waals surface area (Å²) >= 11 is 0. The molecular weight excluding hydrogens is 184 g/mol. The number of hydrogen-bond donors (Lipinski definition) is 0. The molecule has 0 aromatic heterocycles. The minimum atomic E-state index is 0.477. The highest BCUT2D eigenvalue weighted by Gasteiger charge is 2.17. The van der Waals surface area contributed by atoms with Gasteiger partial charge in [-0.3, -0.25) is 0 Å². The van der Waals surface area contributed by atoms with Crippen molar-refractivity contribution in [2.24, 2.45) is 16.1 Å². The molecule has 1 aliphatic rings. The van der Waals surface area contributed by atoms with Crippen LogP contribution in [-0.4, -0.2) is 11.4 Å². The zero-order chi connectivity index (χ0) is 10.8. The lowest BCUT2D eigenvalue weighted by molar-refractivity contribution is 0.786. The van der Waals surface area contributed by atoms with Crippen LogP contribution in [0, 0.1) is 12.8 Å². The highest BCUT2D eigenvalue weighted by Crippen LogP contribution is 2.18. The molecule has 2 nitrogen and oxygen atoms in total. The Balaban J connectivity index is 2.35. The van der Waals surface area contributed by atoms with E-state index in [0.29, 0.717) is 5.92 Å². The molecule has 1 aromatic carbocycles. The van der Waals surface area contributed by atoms with Crippen LogP contribution in [0.15, 0.2) is 34.5 Å². The molecule has 2 rings (SSSR count). The molecule has 0 spiro atoms. The van der Waals surface area contributed by atoms with Crippen molar-refractivity contribution in [3.63, 3.8) is 0 Å². The molecule has 1 aliphatic heterocycles. The minimum Gasteiger partial charge on any atom is -0.160 e. The van der Waals surface area contributed by atoms with E-state index in [0.717, 1.165) is 17.8 Å². The Hall–Kier alpha value is -1.44. The van der Waals surface area contributed by atoms with Gasteiger partial charge in [0, 0.05) is 11.6 Å². The SMILES string of the molecule is CC1=NN=C(c2ccc(C)cc2)C(C)C1. The van der Waals surface area contributed by atoms with Crippen molar-refractivity contribution in [1.29, 1.82) is 0 Å². The van der Waals surface area contributed by atoms with E-state index in [2.05, 4.69) is 48.3 Å². The topological polar surface area (TPSA) is 24.7 Å². The number of nitrogens with zero attached hydrogens (tertiary/aromatic N) is 2. The van der Waals surface area contributed by atoms with E-state index >= 15 is 0 Å². The maximum atomic E-state index is 4.30. The summed E-state index contributed by atoms with van der Waals surface area (Å²) < 4.78 is 0. The van der Waals surface area contributed by atoms with Crippen LogP contribution in [0.5, 0.6) is 0 Å². The van der Waals surface area contributed by atoms with E-state index in [4.69, 9.17) is 0 Å². The standard InChI is InChI=1S/C13H16N2/c1-9-4-6-12(7-5-9)13-10(2)8-11(3)14-15-13/h4-7,10H,8H2,1-3H3. The maximum absolute atomic E-state index is 4.30. The van der Waals surface area contributed by atoms with Crippen molar-refractivity contribution in [3.8, 4) is 0 Å². The van der Waals surface area contributed by atoms with Crippen molar-refractivity contribution in [2.45, 2.75) is 27.2 Å².